The molecule has 1 fully saturated rings. The zero-order valence-electron chi connectivity index (χ0n) is 21.0. The zero-order chi connectivity index (χ0) is 25.2. The summed E-state index contributed by atoms with van der Waals surface area (Å²) < 4.78 is 16.1. The maximum absolute atomic E-state index is 13.0. The number of aldehydes is 1. The summed E-state index contributed by atoms with van der Waals surface area (Å²) in [5.74, 6) is 1.92. The Kier molecular flexibility index (Phi) is 7.00. The third-order valence-corrected chi connectivity index (χ3v) is 7.08. The average molecular weight is 480 g/mol. The molecule has 0 N–H and O–H groups in total. The van der Waals surface area contributed by atoms with Gasteiger partial charge < -0.3 is 23.9 Å². The number of hydrogen-bond donors (Lipinski definition) is 0. The Bertz CT molecular complexity index is 1120. The van der Waals surface area contributed by atoms with Gasteiger partial charge in [0.1, 0.15) is 18.1 Å². The van der Waals surface area contributed by atoms with Crippen LogP contribution in [0.1, 0.15) is 42.6 Å². The maximum atomic E-state index is 13.0. The van der Waals surface area contributed by atoms with Gasteiger partial charge in [-0.15, -0.1) is 0 Å². The topological polar surface area (TPSA) is 80.7 Å². The minimum Gasteiger partial charge on any atom is -0.497 e. The standard InChI is InChI=1S/C27H33N3O5/c1-27(2)24(17-31)30(28-25(27)18-9-10-22(34-4)23(16-18)35-5)20-11-13-29(14-12-20)26(32)19-7-6-8-21(15-19)33-3/h6-10,15-17,20,24H,11-14H2,1-5H3. The molecular weight excluding hydrogens is 446 g/mol. The van der Waals surface area contributed by atoms with Crippen LogP contribution in [0.2, 0.25) is 0 Å². The Hall–Kier alpha value is -3.55. The van der Waals surface area contributed by atoms with Crippen molar-refractivity contribution in [3.63, 3.8) is 0 Å². The molecule has 2 aromatic carbocycles. The lowest BCUT2D eigenvalue weighted by Crippen LogP contribution is -2.50. The minimum absolute atomic E-state index is 0.00874. The molecule has 1 amide bonds. The number of amides is 1. The fraction of sp³-hybridized carbons (Fsp3) is 0.444. The first-order valence-corrected chi connectivity index (χ1v) is 11.8. The summed E-state index contributed by atoms with van der Waals surface area (Å²) >= 11 is 0. The molecule has 0 saturated carbocycles. The molecule has 8 heteroatoms. The van der Waals surface area contributed by atoms with Crippen LogP contribution in [0.3, 0.4) is 0 Å². The van der Waals surface area contributed by atoms with Crippen LogP contribution in [0.25, 0.3) is 0 Å². The molecule has 4 rings (SSSR count). The third-order valence-electron chi connectivity index (χ3n) is 7.08. The highest BCUT2D eigenvalue weighted by Gasteiger charge is 2.47. The summed E-state index contributed by atoms with van der Waals surface area (Å²) in [6, 6.07) is 12.6. The largest absolute Gasteiger partial charge is 0.497 e. The second-order valence-electron chi connectivity index (χ2n) is 9.46. The van der Waals surface area contributed by atoms with E-state index in [1.165, 1.54) is 0 Å². The fourth-order valence-corrected chi connectivity index (χ4v) is 5.00. The monoisotopic (exact) mass is 479 g/mol. The number of benzene rings is 2. The van der Waals surface area contributed by atoms with Crippen LogP contribution in [0.5, 0.6) is 17.2 Å². The lowest BCUT2D eigenvalue weighted by molar-refractivity contribution is -0.115. The Labute approximate surface area is 206 Å². The molecule has 0 aliphatic carbocycles. The van der Waals surface area contributed by atoms with Crippen LogP contribution in [-0.2, 0) is 4.79 Å². The summed E-state index contributed by atoms with van der Waals surface area (Å²) in [7, 11) is 4.79. The number of likely N-dealkylation sites (tertiary alicyclic amines) is 1. The SMILES string of the molecule is COc1cccc(C(=O)N2CCC(N3N=C(c4ccc(OC)c(OC)c4)C(C)(C)C3C=O)CC2)c1. The van der Waals surface area contributed by atoms with E-state index in [0.29, 0.717) is 35.9 Å². The van der Waals surface area contributed by atoms with Crippen molar-refractivity contribution in [2.45, 2.75) is 38.8 Å². The van der Waals surface area contributed by atoms with Gasteiger partial charge in [0.05, 0.1) is 33.1 Å². The fourth-order valence-electron chi connectivity index (χ4n) is 5.00. The van der Waals surface area contributed by atoms with E-state index < -0.39 is 11.5 Å². The van der Waals surface area contributed by atoms with E-state index in [-0.39, 0.29) is 11.9 Å². The molecule has 35 heavy (non-hydrogen) atoms. The molecule has 0 aromatic heterocycles. The number of rotatable bonds is 7. The van der Waals surface area contributed by atoms with E-state index in [9.17, 15) is 9.59 Å². The van der Waals surface area contributed by atoms with Gasteiger partial charge in [0.2, 0.25) is 0 Å². The second kappa shape index (κ2) is 9.98. The zero-order valence-corrected chi connectivity index (χ0v) is 21.0. The van der Waals surface area contributed by atoms with Gasteiger partial charge in [0, 0.05) is 29.6 Å². The van der Waals surface area contributed by atoms with Crippen LogP contribution in [-0.4, -0.2) is 74.3 Å². The number of hydrogen-bond acceptors (Lipinski definition) is 7. The van der Waals surface area contributed by atoms with Crippen molar-refractivity contribution in [3.8, 4) is 17.2 Å². The van der Waals surface area contributed by atoms with Gasteiger partial charge in [-0.3, -0.25) is 9.80 Å². The number of nitrogens with zero attached hydrogens (tertiary/aromatic N) is 3. The number of hydrazone groups is 1. The number of carbonyl (C=O) groups is 2. The molecule has 2 aliphatic rings. The molecule has 1 atom stereocenters. The van der Waals surface area contributed by atoms with E-state index in [1.54, 1.807) is 27.4 Å². The van der Waals surface area contributed by atoms with Gasteiger partial charge in [-0.2, -0.15) is 5.10 Å². The highest BCUT2D eigenvalue weighted by atomic mass is 16.5. The lowest BCUT2D eigenvalue weighted by atomic mass is 9.78. The first-order valence-electron chi connectivity index (χ1n) is 11.8. The van der Waals surface area contributed by atoms with Crippen LogP contribution >= 0.6 is 0 Å². The molecular formula is C27H33N3O5. The molecule has 0 spiro atoms. The summed E-state index contributed by atoms with van der Waals surface area (Å²) in [5, 5.41) is 6.92. The van der Waals surface area contributed by atoms with Crippen molar-refractivity contribution in [2.24, 2.45) is 10.5 Å². The Morgan fingerprint density at radius 3 is 2.34 bits per heavy atom. The lowest BCUT2D eigenvalue weighted by Gasteiger charge is -2.39. The number of carbonyl (C=O) groups excluding carboxylic acids is 2. The Morgan fingerprint density at radius 1 is 1.00 bits per heavy atom. The number of ether oxygens (including phenoxy) is 3. The predicted molar refractivity (Wildman–Crippen MR) is 133 cm³/mol. The molecule has 2 aliphatic heterocycles. The maximum Gasteiger partial charge on any atom is 0.253 e. The van der Waals surface area contributed by atoms with Crippen LogP contribution in [0.15, 0.2) is 47.6 Å². The minimum atomic E-state index is -0.491. The van der Waals surface area contributed by atoms with Gasteiger partial charge in [-0.25, -0.2) is 0 Å². The van der Waals surface area contributed by atoms with Crippen LogP contribution in [0, 0.1) is 5.41 Å². The van der Waals surface area contributed by atoms with Crippen molar-refractivity contribution in [2.75, 3.05) is 34.4 Å². The molecule has 2 aromatic rings. The van der Waals surface area contributed by atoms with E-state index in [2.05, 4.69) is 0 Å². The van der Waals surface area contributed by atoms with Gasteiger partial charge >= 0.3 is 0 Å². The van der Waals surface area contributed by atoms with Gasteiger partial charge in [0.15, 0.2) is 11.5 Å². The van der Waals surface area contributed by atoms with Crippen molar-refractivity contribution in [1.29, 1.82) is 0 Å². The number of methoxy groups -OCH3 is 3. The quantitative estimate of drug-likeness (QED) is 0.564. The van der Waals surface area contributed by atoms with Gasteiger partial charge in [-0.1, -0.05) is 19.9 Å². The van der Waals surface area contributed by atoms with E-state index in [0.717, 1.165) is 30.4 Å². The molecule has 2 heterocycles. The van der Waals surface area contributed by atoms with E-state index in [4.69, 9.17) is 19.3 Å². The van der Waals surface area contributed by atoms with E-state index >= 15 is 0 Å². The Balaban J connectivity index is 1.53. The first-order chi connectivity index (χ1) is 16.8. The first kappa shape index (κ1) is 24.6. The van der Waals surface area contributed by atoms with Crippen molar-refractivity contribution >= 4 is 17.9 Å². The molecule has 0 bridgehead atoms. The van der Waals surface area contributed by atoms with Crippen molar-refractivity contribution < 1.29 is 23.8 Å². The van der Waals surface area contributed by atoms with Crippen LogP contribution < -0.4 is 14.2 Å². The average Bonchev–Trinajstić information content (AvgIpc) is 3.17. The van der Waals surface area contributed by atoms with Crippen LogP contribution in [0.4, 0.5) is 0 Å². The van der Waals surface area contributed by atoms with E-state index in [1.807, 2.05) is 60.2 Å². The summed E-state index contributed by atoms with van der Waals surface area (Å²) in [4.78, 5) is 27.1. The summed E-state index contributed by atoms with van der Waals surface area (Å²) in [6.45, 7) is 5.29. The molecule has 1 unspecified atom stereocenters. The van der Waals surface area contributed by atoms with Gasteiger partial charge in [0.25, 0.3) is 5.91 Å². The smallest absolute Gasteiger partial charge is 0.253 e. The van der Waals surface area contributed by atoms with Crippen molar-refractivity contribution in [3.05, 3.63) is 53.6 Å². The molecule has 1 saturated heterocycles. The van der Waals surface area contributed by atoms with Gasteiger partial charge in [-0.05, 0) is 49.2 Å². The second-order valence-corrected chi connectivity index (χ2v) is 9.46. The number of piperidine rings is 1. The molecule has 0 radical (unpaired) electrons. The summed E-state index contributed by atoms with van der Waals surface area (Å²) in [6.07, 6.45) is 2.46. The highest BCUT2D eigenvalue weighted by Crippen LogP contribution is 2.40. The predicted octanol–water partition coefficient (Wildman–Crippen LogP) is 3.63. The molecule has 186 valence electrons. The van der Waals surface area contributed by atoms with Crippen molar-refractivity contribution in [1.82, 2.24) is 9.91 Å². The normalized spacial score (nSPS) is 19.8. The Morgan fingerprint density at radius 2 is 1.71 bits per heavy atom. The third kappa shape index (κ3) is 4.57. The summed E-state index contributed by atoms with van der Waals surface area (Å²) in [5.41, 5.74) is 1.86. The molecule has 8 nitrogen and oxygen atoms in total. The highest BCUT2D eigenvalue weighted by molar-refractivity contribution is 6.07.